The monoisotopic (exact) mass is 179 g/mol. The first-order valence-electron chi connectivity index (χ1n) is 4.72. The summed E-state index contributed by atoms with van der Waals surface area (Å²) in [7, 11) is 6.43. The number of nitrogens with one attached hydrogen (secondary N) is 1. The van der Waals surface area contributed by atoms with Gasteiger partial charge in [0.1, 0.15) is 5.69 Å². The number of rotatable bonds is 4. The van der Waals surface area contributed by atoms with Crippen LogP contribution in [0.25, 0.3) is 0 Å². The Bertz CT molecular complexity index is 231. The maximum absolute atomic E-state index is 2.21. The fourth-order valence-corrected chi connectivity index (χ4v) is 1.26. The minimum Gasteiger partial charge on any atom is -0.304 e. The topological polar surface area (TPSA) is 7.68 Å². The van der Waals surface area contributed by atoms with E-state index in [-0.39, 0.29) is 0 Å². The molecule has 1 rings (SSSR count). The molecule has 0 aliphatic carbocycles. The standard InChI is InChI=1S/C11H18N2/c1-12(2)9-10-13(3)11-7-5-4-6-8-11/h4-8H,9-10H2,1-3H3/p+1. The third kappa shape index (κ3) is 3.57. The number of hydrogen-bond acceptors (Lipinski definition) is 1. The highest BCUT2D eigenvalue weighted by molar-refractivity contribution is 5.27. The van der Waals surface area contributed by atoms with Crippen molar-refractivity contribution < 1.29 is 4.90 Å². The van der Waals surface area contributed by atoms with E-state index in [0.29, 0.717) is 0 Å². The van der Waals surface area contributed by atoms with Crippen LogP contribution in [0.5, 0.6) is 0 Å². The van der Waals surface area contributed by atoms with E-state index in [1.807, 2.05) is 0 Å². The van der Waals surface area contributed by atoms with E-state index < -0.39 is 0 Å². The molecule has 2 heteroatoms. The molecule has 1 unspecified atom stereocenters. The summed E-state index contributed by atoms with van der Waals surface area (Å²) in [5.74, 6) is 0. The van der Waals surface area contributed by atoms with Crippen LogP contribution in [0.15, 0.2) is 30.3 Å². The lowest BCUT2D eigenvalue weighted by molar-refractivity contribution is -0.809. The van der Waals surface area contributed by atoms with Crippen LogP contribution in [0, 0.1) is 0 Å². The van der Waals surface area contributed by atoms with E-state index in [1.165, 1.54) is 10.6 Å². The summed E-state index contributed by atoms with van der Waals surface area (Å²) in [6, 6.07) is 10.6. The maximum atomic E-state index is 2.21. The van der Waals surface area contributed by atoms with Gasteiger partial charge in [-0.1, -0.05) is 18.2 Å². The van der Waals surface area contributed by atoms with Gasteiger partial charge < -0.3 is 9.80 Å². The molecule has 1 aromatic carbocycles. The third-order valence-electron chi connectivity index (χ3n) is 2.20. The lowest BCUT2D eigenvalue weighted by Crippen LogP contribution is -3.04. The van der Waals surface area contributed by atoms with Crippen molar-refractivity contribution in [2.45, 2.75) is 0 Å². The SMILES string of the molecule is CN(C)CC[NH+](C)c1ccccc1. The van der Waals surface area contributed by atoms with Crippen molar-refractivity contribution in [3.63, 3.8) is 0 Å². The van der Waals surface area contributed by atoms with Crippen LogP contribution in [0.4, 0.5) is 5.69 Å². The predicted octanol–water partition coefficient (Wildman–Crippen LogP) is 0.394. The lowest BCUT2D eigenvalue weighted by atomic mass is 10.3. The van der Waals surface area contributed by atoms with Crippen LogP contribution in [0.2, 0.25) is 0 Å². The van der Waals surface area contributed by atoms with E-state index in [9.17, 15) is 0 Å². The highest BCUT2D eigenvalue weighted by Gasteiger charge is 2.04. The second-order valence-corrected chi connectivity index (χ2v) is 3.70. The molecule has 72 valence electrons. The molecule has 0 fully saturated rings. The first-order valence-corrected chi connectivity index (χ1v) is 4.72. The Hall–Kier alpha value is -0.860. The van der Waals surface area contributed by atoms with Crippen molar-refractivity contribution in [3.05, 3.63) is 30.3 Å². The van der Waals surface area contributed by atoms with Gasteiger partial charge in [0.05, 0.1) is 13.6 Å². The van der Waals surface area contributed by atoms with Crippen molar-refractivity contribution in [2.24, 2.45) is 0 Å². The van der Waals surface area contributed by atoms with Gasteiger partial charge in [0.2, 0.25) is 0 Å². The van der Waals surface area contributed by atoms with E-state index in [4.69, 9.17) is 0 Å². The summed E-state index contributed by atoms with van der Waals surface area (Å²) in [4.78, 5) is 3.68. The largest absolute Gasteiger partial charge is 0.304 e. The van der Waals surface area contributed by atoms with Gasteiger partial charge in [0.15, 0.2) is 0 Å². The van der Waals surface area contributed by atoms with Crippen LogP contribution < -0.4 is 4.90 Å². The zero-order chi connectivity index (χ0) is 9.68. The highest BCUT2D eigenvalue weighted by atomic mass is 15.1. The highest BCUT2D eigenvalue weighted by Crippen LogP contribution is 1.97. The van der Waals surface area contributed by atoms with E-state index in [2.05, 4.69) is 56.4 Å². The van der Waals surface area contributed by atoms with Crippen molar-refractivity contribution in [1.29, 1.82) is 0 Å². The van der Waals surface area contributed by atoms with Gasteiger partial charge in [-0.05, 0) is 26.2 Å². The molecular formula is C11H19N2+. The number of para-hydroxylation sites is 1. The number of likely N-dealkylation sites (N-methyl/N-ethyl adjacent to an activating group) is 2. The average molecular weight is 179 g/mol. The third-order valence-corrected chi connectivity index (χ3v) is 2.20. The average Bonchev–Trinajstić information content (AvgIpc) is 2.15. The first kappa shape index (κ1) is 10.2. The van der Waals surface area contributed by atoms with E-state index in [1.54, 1.807) is 0 Å². The van der Waals surface area contributed by atoms with Crippen LogP contribution >= 0.6 is 0 Å². The zero-order valence-corrected chi connectivity index (χ0v) is 8.75. The number of nitrogens with zero attached hydrogens (tertiary/aromatic N) is 1. The maximum Gasteiger partial charge on any atom is 0.131 e. The van der Waals surface area contributed by atoms with Gasteiger partial charge in [-0.25, -0.2) is 0 Å². The predicted molar refractivity (Wildman–Crippen MR) is 56.4 cm³/mol. The molecular weight excluding hydrogens is 160 g/mol. The van der Waals surface area contributed by atoms with Crippen LogP contribution in [0.3, 0.4) is 0 Å². The molecule has 0 aliphatic rings. The molecule has 0 bridgehead atoms. The van der Waals surface area contributed by atoms with Gasteiger partial charge in [-0.15, -0.1) is 0 Å². The minimum absolute atomic E-state index is 1.13. The molecule has 0 radical (unpaired) electrons. The van der Waals surface area contributed by atoms with Crippen molar-refractivity contribution in [3.8, 4) is 0 Å². The van der Waals surface area contributed by atoms with E-state index in [0.717, 1.165) is 13.1 Å². The first-order chi connectivity index (χ1) is 6.20. The summed E-state index contributed by atoms with van der Waals surface area (Å²) in [5.41, 5.74) is 1.37. The summed E-state index contributed by atoms with van der Waals surface area (Å²) in [6.45, 7) is 2.28. The molecule has 0 saturated heterocycles. The summed E-state index contributed by atoms with van der Waals surface area (Å²) < 4.78 is 0. The molecule has 0 amide bonds. The summed E-state index contributed by atoms with van der Waals surface area (Å²) in [6.07, 6.45) is 0. The summed E-state index contributed by atoms with van der Waals surface area (Å²) in [5, 5.41) is 0. The Balaban J connectivity index is 2.44. The Morgan fingerprint density at radius 1 is 1.15 bits per heavy atom. The normalized spacial score (nSPS) is 13.2. The van der Waals surface area contributed by atoms with Crippen molar-refractivity contribution >= 4 is 5.69 Å². The number of benzene rings is 1. The Kier molecular flexibility index (Phi) is 3.93. The Morgan fingerprint density at radius 2 is 1.77 bits per heavy atom. The smallest absolute Gasteiger partial charge is 0.131 e. The molecule has 0 aliphatic heterocycles. The molecule has 0 aromatic heterocycles. The van der Waals surface area contributed by atoms with Gasteiger partial charge >= 0.3 is 0 Å². The van der Waals surface area contributed by atoms with Gasteiger partial charge in [-0.2, -0.15) is 0 Å². The van der Waals surface area contributed by atoms with Crippen LogP contribution in [-0.4, -0.2) is 39.1 Å². The lowest BCUT2D eigenvalue weighted by Gasteiger charge is -2.16. The van der Waals surface area contributed by atoms with Gasteiger partial charge in [0.25, 0.3) is 0 Å². The molecule has 1 atom stereocenters. The Labute approximate surface area is 80.8 Å². The molecule has 0 heterocycles. The molecule has 1 N–H and O–H groups in total. The second kappa shape index (κ2) is 5.00. The zero-order valence-electron chi connectivity index (χ0n) is 8.75. The van der Waals surface area contributed by atoms with Crippen molar-refractivity contribution in [2.75, 3.05) is 34.2 Å². The van der Waals surface area contributed by atoms with Crippen LogP contribution in [-0.2, 0) is 0 Å². The van der Waals surface area contributed by atoms with Gasteiger partial charge in [0, 0.05) is 6.54 Å². The fraction of sp³-hybridized carbons (Fsp3) is 0.455. The minimum atomic E-state index is 1.13. The summed E-state index contributed by atoms with van der Waals surface area (Å²) >= 11 is 0. The number of hydrogen-bond donors (Lipinski definition) is 1. The number of quaternary nitrogens is 1. The molecule has 13 heavy (non-hydrogen) atoms. The van der Waals surface area contributed by atoms with Gasteiger partial charge in [-0.3, -0.25) is 0 Å². The van der Waals surface area contributed by atoms with Crippen molar-refractivity contribution in [1.82, 2.24) is 4.90 Å². The molecule has 2 nitrogen and oxygen atoms in total. The molecule has 1 aromatic rings. The molecule has 0 saturated carbocycles. The fourth-order valence-electron chi connectivity index (χ4n) is 1.26. The Morgan fingerprint density at radius 3 is 2.31 bits per heavy atom. The molecule has 0 spiro atoms. The quantitative estimate of drug-likeness (QED) is 0.703. The second-order valence-electron chi connectivity index (χ2n) is 3.70. The van der Waals surface area contributed by atoms with E-state index >= 15 is 0 Å². The van der Waals surface area contributed by atoms with Crippen LogP contribution in [0.1, 0.15) is 0 Å².